The highest BCUT2D eigenvalue weighted by Crippen LogP contribution is 2.40. The summed E-state index contributed by atoms with van der Waals surface area (Å²) in [6.07, 6.45) is 4.17. The highest BCUT2D eigenvalue weighted by atomic mass is 16.4. The van der Waals surface area contributed by atoms with Gasteiger partial charge in [0.1, 0.15) is 11.3 Å². The lowest BCUT2D eigenvalue weighted by Gasteiger charge is -2.12. The maximum Gasteiger partial charge on any atom is 0.200 e. The van der Waals surface area contributed by atoms with Gasteiger partial charge in [0.25, 0.3) is 0 Å². The molecule has 3 rings (SSSR count). The molecule has 0 fully saturated rings. The lowest BCUT2D eigenvalue weighted by molar-refractivity contribution is 0.400. The van der Waals surface area contributed by atoms with Crippen LogP contribution in [0.4, 0.5) is 0 Å². The number of aromatic hydroxyl groups is 4. The second kappa shape index (κ2) is 7.54. The van der Waals surface area contributed by atoms with E-state index < -0.39 is 11.2 Å². The van der Waals surface area contributed by atoms with Crippen LogP contribution in [-0.2, 0) is 12.8 Å². The van der Waals surface area contributed by atoms with E-state index >= 15 is 0 Å². The van der Waals surface area contributed by atoms with Gasteiger partial charge in [-0.25, -0.2) is 0 Å². The normalized spacial score (nSPS) is 11.0. The minimum atomic E-state index is -0.519. The average Bonchev–Trinajstić information content (AvgIpc) is 2.63. The molecular weight excluding hydrogens is 372 g/mol. The van der Waals surface area contributed by atoms with Crippen LogP contribution >= 0.6 is 0 Å². The van der Waals surface area contributed by atoms with Gasteiger partial charge >= 0.3 is 0 Å². The number of phenols is 4. The third-order valence-electron chi connectivity index (χ3n) is 4.79. The van der Waals surface area contributed by atoms with Crippen LogP contribution in [0.2, 0.25) is 0 Å². The second-order valence-corrected chi connectivity index (χ2v) is 7.60. The van der Waals surface area contributed by atoms with Gasteiger partial charge in [-0.2, -0.15) is 0 Å². The molecule has 1 heterocycles. The van der Waals surface area contributed by atoms with Crippen LogP contribution in [0.5, 0.6) is 23.0 Å². The van der Waals surface area contributed by atoms with Crippen molar-refractivity contribution in [3.63, 3.8) is 0 Å². The zero-order valence-corrected chi connectivity index (χ0v) is 16.8. The van der Waals surface area contributed by atoms with Crippen molar-refractivity contribution < 1.29 is 24.8 Å². The largest absolute Gasteiger partial charge is 0.507 e. The standard InChI is InChI=1S/C23H24O6/c1-11(2)5-7-13-17(24)9-16-19(26)15-10-18(25)20(27)14(8-6-12(3)4)22(15)29-23(16)21(13)28/h5-6,9-10,24-25,27-28H,7-8H2,1-4H3. The van der Waals surface area contributed by atoms with Crippen LogP contribution in [0.15, 0.2) is 44.6 Å². The van der Waals surface area contributed by atoms with Crippen molar-refractivity contribution in [3.05, 3.63) is 56.8 Å². The number of hydrogen-bond donors (Lipinski definition) is 4. The van der Waals surface area contributed by atoms with Crippen molar-refractivity contribution in [2.75, 3.05) is 0 Å². The number of fused-ring (bicyclic) bond motifs is 2. The Hall–Kier alpha value is -3.41. The topological polar surface area (TPSA) is 111 Å². The minimum Gasteiger partial charge on any atom is -0.507 e. The Kier molecular flexibility index (Phi) is 5.29. The fourth-order valence-electron chi connectivity index (χ4n) is 3.18. The van der Waals surface area contributed by atoms with Gasteiger partial charge in [0.2, 0.25) is 5.43 Å². The van der Waals surface area contributed by atoms with Crippen molar-refractivity contribution in [2.24, 2.45) is 0 Å². The molecule has 0 unspecified atom stereocenters. The molecule has 0 aliphatic carbocycles. The first-order valence-electron chi connectivity index (χ1n) is 9.26. The van der Waals surface area contributed by atoms with Crippen molar-refractivity contribution in [1.82, 2.24) is 0 Å². The SMILES string of the molecule is CC(C)=CCc1c(O)cc2c(=O)c3cc(O)c(O)c(CC=C(C)C)c3oc2c1O. The Morgan fingerprint density at radius 1 is 0.793 bits per heavy atom. The first-order chi connectivity index (χ1) is 13.6. The minimum absolute atomic E-state index is 0.00768. The molecule has 29 heavy (non-hydrogen) atoms. The Balaban J connectivity index is 2.42. The molecule has 0 aliphatic rings. The van der Waals surface area contributed by atoms with E-state index in [1.54, 1.807) is 0 Å². The summed E-state index contributed by atoms with van der Waals surface area (Å²) in [5.41, 5.74) is 1.99. The van der Waals surface area contributed by atoms with Gasteiger partial charge in [0.15, 0.2) is 22.8 Å². The van der Waals surface area contributed by atoms with Gasteiger partial charge < -0.3 is 24.8 Å². The predicted octanol–water partition coefficient (Wildman–Crippen LogP) is 4.79. The molecule has 0 aliphatic heterocycles. The molecule has 2 aromatic carbocycles. The summed E-state index contributed by atoms with van der Waals surface area (Å²) in [5.74, 6) is -1.35. The van der Waals surface area contributed by atoms with Gasteiger partial charge in [0, 0.05) is 11.1 Å². The van der Waals surface area contributed by atoms with Crippen LogP contribution in [0.25, 0.3) is 21.9 Å². The number of benzene rings is 2. The molecule has 6 heteroatoms. The summed E-state index contributed by atoms with van der Waals surface area (Å²) in [6, 6.07) is 2.39. The van der Waals surface area contributed by atoms with E-state index in [4.69, 9.17) is 4.42 Å². The quantitative estimate of drug-likeness (QED) is 0.287. The number of phenolic OH excluding ortho intramolecular Hbond substituents is 4. The van der Waals surface area contributed by atoms with Crippen molar-refractivity contribution >= 4 is 21.9 Å². The third kappa shape index (κ3) is 3.66. The molecule has 0 spiro atoms. The first-order valence-corrected chi connectivity index (χ1v) is 9.26. The summed E-state index contributed by atoms with van der Waals surface area (Å²) >= 11 is 0. The molecule has 0 bridgehead atoms. The fraction of sp³-hybridized carbons (Fsp3) is 0.261. The maximum atomic E-state index is 13.0. The van der Waals surface area contributed by atoms with Crippen LogP contribution in [0.3, 0.4) is 0 Å². The van der Waals surface area contributed by atoms with Crippen LogP contribution in [0.1, 0.15) is 38.8 Å². The Morgan fingerprint density at radius 3 is 1.90 bits per heavy atom. The predicted molar refractivity (Wildman–Crippen MR) is 113 cm³/mol. The third-order valence-corrected chi connectivity index (χ3v) is 4.79. The van der Waals surface area contributed by atoms with E-state index in [9.17, 15) is 25.2 Å². The van der Waals surface area contributed by atoms with Gasteiger partial charge in [-0.15, -0.1) is 0 Å². The first kappa shape index (κ1) is 20.3. The smallest absolute Gasteiger partial charge is 0.200 e. The monoisotopic (exact) mass is 396 g/mol. The van der Waals surface area contributed by atoms with Crippen molar-refractivity contribution in [1.29, 1.82) is 0 Å². The second-order valence-electron chi connectivity index (χ2n) is 7.60. The van der Waals surface area contributed by atoms with E-state index in [0.29, 0.717) is 0 Å². The summed E-state index contributed by atoms with van der Waals surface area (Å²) < 4.78 is 5.88. The van der Waals surface area contributed by atoms with E-state index in [1.165, 1.54) is 6.07 Å². The van der Waals surface area contributed by atoms with E-state index in [0.717, 1.165) is 17.2 Å². The van der Waals surface area contributed by atoms with Crippen molar-refractivity contribution in [2.45, 2.75) is 40.5 Å². The van der Waals surface area contributed by atoms with E-state index in [-0.39, 0.29) is 63.2 Å². The van der Waals surface area contributed by atoms with E-state index in [1.807, 2.05) is 39.8 Å². The molecule has 0 saturated carbocycles. The molecular formula is C23H24O6. The van der Waals surface area contributed by atoms with Gasteiger partial charge in [-0.3, -0.25) is 4.79 Å². The molecule has 152 valence electrons. The highest BCUT2D eigenvalue weighted by Gasteiger charge is 2.21. The fourth-order valence-corrected chi connectivity index (χ4v) is 3.18. The summed E-state index contributed by atoms with van der Waals surface area (Å²) in [4.78, 5) is 13.0. The lowest BCUT2D eigenvalue weighted by Crippen LogP contribution is -2.05. The summed E-state index contributed by atoms with van der Waals surface area (Å²) in [6.45, 7) is 7.57. The Morgan fingerprint density at radius 2 is 1.31 bits per heavy atom. The van der Waals surface area contributed by atoms with Gasteiger partial charge in [-0.1, -0.05) is 23.3 Å². The van der Waals surface area contributed by atoms with Crippen LogP contribution in [-0.4, -0.2) is 20.4 Å². The van der Waals surface area contributed by atoms with Crippen LogP contribution < -0.4 is 5.43 Å². The van der Waals surface area contributed by atoms with Gasteiger partial charge in [0.05, 0.1) is 10.8 Å². The Labute approximate surface area is 167 Å². The number of allylic oxidation sites excluding steroid dienone is 4. The molecule has 0 radical (unpaired) electrons. The molecule has 6 nitrogen and oxygen atoms in total. The molecule has 0 amide bonds. The molecule has 0 saturated heterocycles. The number of rotatable bonds is 4. The molecule has 0 atom stereocenters. The van der Waals surface area contributed by atoms with Crippen LogP contribution in [0, 0.1) is 0 Å². The average molecular weight is 396 g/mol. The summed E-state index contributed by atoms with van der Waals surface area (Å²) in [7, 11) is 0. The molecule has 4 N–H and O–H groups in total. The number of hydrogen-bond acceptors (Lipinski definition) is 6. The Bertz CT molecular complexity index is 1240. The lowest BCUT2D eigenvalue weighted by atomic mass is 10.0. The zero-order chi connectivity index (χ0) is 21.5. The van der Waals surface area contributed by atoms with Crippen molar-refractivity contribution in [3.8, 4) is 23.0 Å². The molecule has 3 aromatic rings. The summed E-state index contributed by atoms with van der Waals surface area (Å²) in [5, 5.41) is 41.5. The zero-order valence-electron chi connectivity index (χ0n) is 16.8. The van der Waals surface area contributed by atoms with Gasteiger partial charge in [-0.05, 0) is 52.7 Å². The molecule has 1 aromatic heterocycles. The van der Waals surface area contributed by atoms with E-state index in [2.05, 4.69) is 0 Å². The highest BCUT2D eigenvalue weighted by molar-refractivity contribution is 5.96. The maximum absolute atomic E-state index is 13.0.